The Hall–Kier alpha value is -1.96. The normalized spacial score (nSPS) is 23.7. The van der Waals surface area contributed by atoms with Crippen LogP contribution in [0.25, 0.3) is 0 Å². The minimum Gasteiger partial charge on any atom is -0.344 e. The van der Waals surface area contributed by atoms with Gasteiger partial charge in [-0.15, -0.1) is 0 Å². The summed E-state index contributed by atoms with van der Waals surface area (Å²) in [6.45, 7) is 1.01. The van der Waals surface area contributed by atoms with Crippen molar-refractivity contribution in [2.75, 3.05) is 25.5 Å². The molecule has 26 heavy (non-hydrogen) atoms. The molecule has 2 heterocycles. The maximum atomic E-state index is 12.9. The van der Waals surface area contributed by atoms with Gasteiger partial charge in [0.2, 0.25) is 5.91 Å². The van der Waals surface area contributed by atoms with Crippen molar-refractivity contribution in [3.8, 4) is 0 Å². The van der Waals surface area contributed by atoms with E-state index in [9.17, 15) is 22.8 Å². The van der Waals surface area contributed by atoms with Crippen LogP contribution in [0.15, 0.2) is 18.2 Å². The fourth-order valence-corrected chi connectivity index (χ4v) is 3.97. The van der Waals surface area contributed by atoms with Crippen molar-refractivity contribution in [1.29, 1.82) is 0 Å². The molecular formula is C17H19ClF3N3O2. The molecule has 3 rings (SSSR count). The van der Waals surface area contributed by atoms with Crippen molar-refractivity contribution in [3.05, 3.63) is 28.8 Å². The minimum atomic E-state index is -4.54. The largest absolute Gasteiger partial charge is 0.416 e. The van der Waals surface area contributed by atoms with Crippen molar-refractivity contribution >= 4 is 29.2 Å². The highest BCUT2D eigenvalue weighted by atomic mass is 35.5. The number of benzene rings is 1. The van der Waals surface area contributed by atoms with Crippen LogP contribution in [0, 0.1) is 0 Å². The number of carbonyl (C=O) groups excluding carboxylic acids is 2. The van der Waals surface area contributed by atoms with Crippen molar-refractivity contribution in [2.24, 2.45) is 0 Å². The van der Waals surface area contributed by atoms with Crippen LogP contribution in [-0.4, -0.2) is 47.4 Å². The lowest BCUT2D eigenvalue weighted by Gasteiger charge is -2.43. The lowest BCUT2D eigenvalue weighted by atomic mass is 9.86. The minimum absolute atomic E-state index is 0.00619. The molecule has 5 nitrogen and oxygen atoms in total. The Balaban J connectivity index is 1.85. The number of alkyl halides is 3. The van der Waals surface area contributed by atoms with E-state index in [1.807, 2.05) is 0 Å². The predicted molar refractivity (Wildman–Crippen MR) is 91.0 cm³/mol. The van der Waals surface area contributed by atoms with Gasteiger partial charge in [0, 0.05) is 20.1 Å². The molecule has 2 aliphatic rings. The molecule has 2 saturated heterocycles. The van der Waals surface area contributed by atoms with Gasteiger partial charge in [-0.25, -0.2) is 4.79 Å². The molecule has 1 aromatic rings. The fraction of sp³-hybridized carbons (Fsp3) is 0.529. The molecule has 1 spiro atoms. The Bertz CT molecular complexity index is 740. The van der Waals surface area contributed by atoms with Gasteiger partial charge < -0.3 is 15.1 Å². The van der Waals surface area contributed by atoms with Crippen LogP contribution in [0.1, 0.15) is 31.2 Å². The highest BCUT2D eigenvalue weighted by molar-refractivity contribution is 6.33. The number of nitrogens with zero attached hydrogens (tertiary/aromatic N) is 2. The van der Waals surface area contributed by atoms with Gasteiger partial charge in [0.05, 0.1) is 16.3 Å². The van der Waals surface area contributed by atoms with Gasteiger partial charge in [0.1, 0.15) is 5.54 Å². The number of likely N-dealkylation sites (tertiary alicyclic amines) is 2. The van der Waals surface area contributed by atoms with Crippen LogP contribution in [0.2, 0.25) is 5.02 Å². The molecule has 1 unspecified atom stereocenters. The van der Waals surface area contributed by atoms with Crippen molar-refractivity contribution in [1.82, 2.24) is 9.80 Å². The SMILES string of the molecule is CN1CCCC2(CCCN2C(=O)Nc2cc(C(F)(F)F)ccc2Cl)C1=O. The number of urea groups is 1. The first-order chi connectivity index (χ1) is 12.1. The number of hydrogen-bond acceptors (Lipinski definition) is 2. The molecule has 1 N–H and O–H groups in total. The average Bonchev–Trinajstić information content (AvgIpc) is 2.98. The van der Waals surface area contributed by atoms with Crippen LogP contribution in [0.3, 0.4) is 0 Å². The monoisotopic (exact) mass is 389 g/mol. The maximum Gasteiger partial charge on any atom is 0.416 e. The number of amides is 3. The molecule has 0 radical (unpaired) electrons. The summed E-state index contributed by atoms with van der Waals surface area (Å²) in [5, 5.41) is 2.46. The van der Waals surface area contributed by atoms with E-state index in [4.69, 9.17) is 11.6 Å². The van der Waals surface area contributed by atoms with E-state index >= 15 is 0 Å². The fourth-order valence-electron chi connectivity index (χ4n) is 3.81. The van der Waals surface area contributed by atoms with Crippen molar-refractivity contribution in [3.63, 3.8) is 0 Å². The first kappa shape index (κ1) is 18.8. The first-order valence-corrected chi connectivity index (χ1v) is 8.74. The quantitative estimate of drug-likeness (QED) is 0.790. The van der Waals surface area contributed by atoms with Crippen LogP contribution in [0.5, 0.6) is 0 Å². The van der Waals surface area contributed by atoms with Crippen LogP contribution in [0.4, 0.5) is 23.7 Å². The number of rotatable bonds is 1. The number of anilines is 1. The maximum absolute atomic E-state index is 12.9. The zero-order valence-corrected chi connectivity index (χ0v) is 15.0. The first-order valence-electron chi connectivity index (χ1n) is 8.36. The van der Waals surface area contributed by atoms with Crippen LogP contribution < -0.4 is 5.32 Å². The molecule has 2 fully saturated rings. The zero-order valence-electron chi connectivity index (χ0n) is 14.2. The topological polar surface area (TPSA) is 52.6 Å². The van der Waals surface area contributed by atoms with E-state index in [0.29, 0.717) is 32.4 Å². The highest BCUT2D eigenvalue weighted by Crippen LogP contribution is 2.39. The molecule has 9 heteroatoms. The molecule has 142 valence electrons. The summed E-state index contributed by atoms with van der Waals surface area (Å²) < 4.78 is 38.7. The molecule has 3 amide bonds. The molecule has 0 bridgehead atoms. The molecule has 2 aliphatic heterocycles. The predicted octanol–water partition coefficient (Wildman–Crippen LogP) is 3.98. The van der Waals surface area contributed by atoms with E-state index in [1.54, 1.807) is 11.9 Å². The van der Waals surface area contributed by atoms with Gasteiger partial charge in [-0.1, -0.05) is 11.6 Å². The van der Waals surface area contributed by atoms with Gasteiger partial charge in [-0.2, -0.15) is 13.2 Å². The van der Waals surface area contributed by atoms with Crippen LogP contribution in [-0.2, 0) is 11.0 Å². The number of carbonyl (C=O) groups is 2. The van der Waals surface area contributed by atoms with Gasteiger partial charge in [-0.3, -0.25) is 4.79 Å². The van der Waals surface area contributed by atoms with E-state index in [2.05, 4.69) is 5.32 Å². The van der Waals surface area contributed by atoms with Gasteiger partial charge in [-0.05, 0) is 43.9 Å². The smallest absolute Gasteiger partial charge is 0.344 e. The Morgan fingerprint density at radius 3 is 2.54 bits per heavy atom. The summed E-state index contributed by atoms with van der Waals surface area (Å²) in [7, 11) is 1.70. The second-order valence-electron chi connectivity index (χ2n) is 6.74. The second kappa shape index (κ2) is 6.64. The molecule has 0 aliphatic carbocycles. The Labute approximate surface area is 154 Å². The Morgan fingerprint density at radius 1 is 1.23 bits per heavy atom. The molecular weight excluding hydrogens is 371 g/mol. The third kappa shape index (κ3) is 3.22. The number of nitrogens with one attached hydrogen (secondary N) is 1. The lowest BCUT2D eigenvalue weighted by Crippen LogP contribution is -2.61. The van der Waals surface area contributed by atoms with Crippen molar-refractivity contribution in [2.45, 2.75) is 37.4 Å². The summed E-state index contributed by atoms with van der Waals surface area (Å²) >= 11 is 5.95. The second-order valence-corrected chi connectivity index (χ2v) is 7.15. The Kier molecular flexibility index (Phi) is 4.81. The summed E-state index contributed by atoms with van der Waals surface area (Å²) in [5.41, 5.74) is -1.93. The van der Waals surface area contributed by atoms with E-state index < -0.39 is 23.3 Å². The molecule has 1 aromatic carbocycles. The van der Waals surface area contributed by atoms with Crippen molar-refractivity contribution < 1.29 is 22.8 Å². The summed E-state index contributed by atoms with van der Waals surface area (Å²) in [5.74, 6) is -0.119. The lowest BCUT2D eigenvalue weighted by molar-refractivity contribution is -0.143. The highest BCUT2D eigenvalue weighted by Gasteiger charge is 2.52. The summed E-state index contributed by atoms with van der Waals surface area (Å²) in [4.78, 5) is 28.5. The molecule has 1 atom stereocenters. The Morgan fingerprint density at radius 2 is 1.88 bits per heavy atom. The summed E-state index contributed by atoms with van der Waals surface area (Å²) in [6.07, 6.45) is -1.99. The number of piperidine rings is 1. The average molecular weight is 390 g/mol. The van der Waals surface area contributed by atoms with E-state index in [0.717, 1.165) is 24.6 Å². The number of hydrogen-bond donors (Lipinski definition) is 1. The van der Waals surface area contributed by atoms with E-state index in [-0.39, 0.29) is 16.6 Å². The molecule has 0 saturated carbocycles. The number of likely N-dealkylation sites (N-methyl/N-ethyl adjacent to an activating group) is 1. The zero-order chi connectivity index (χ0) is 19.1. The van der Waals surface area contributed by atoms with E-state index in [1.165, 1.54) is 4.90 Å². The number of halogens is 4. The molecule has 0 aromatic heterocycles. The van der Waals surface area contributed by atoms with Gasteiger partial charge >= 0.3 is 12.2 Å². The standard InChI is InChI=1S/C17H19ClF3N3O2/c1-23-8-2-6-16(14(23)25)7-3-9-24(16)15(26)22-13-10-11(17(19,20)21)4-5-12(13)18/h4-5,10H,2-3,6-9H2,1H3,(H,22,26). The third-order valence-corrected chi connectivity index (χ3v) is 5.43. The third-order valence-electron chi connectivity index (χ3n) is 5.10. The van der Waals surface area contributed by atoms with Gasteiger partial charge in [0.15, 0.2) is 0 Å². The summed E-state index contributed by atoms with van der Waals surface area (Å²) in [6, 6.07) is 2.15. The van der Waals surface area contributed by atoms with Crippen LogP contribution >= 0.6 is 11.6 Å². The van der Waals surface area contributed by atoms with Gasteiger partial charge in [0.25, 0.3) is 0 Å².